The molecular formula is C15H9Cl2FO2. The highest BCUT2D eigenvalue weighted by atomic mass is 35.5. The minimum Gasteiger partial charge on any atom is -0.508 e. The van der Waals surface area contributed by atoms with E-state index in [-0.39, 0.29) is 21.4 Å². The summed E-state index contributed by atoms with van der Waals surface area (Å²) in [6.07, 6.45) is 2.82. The summed E-state index contributed by atoms with van der Waals surface area (Å²) >= 11 is 11.4. The van der Waals surface area contributed by atoms with E-state index in [2.05, 4.69) is 0 Å². The summed E-state index contributed by atoms with van der Waals surface area (Å²) < 4.78 is 13.3. The molecule has 20 heavy (non-hydrogen) atoms. The molecule has 1 N–H and O–H groups in total. The Morgan fingerprint density at radius 1 is 1.10 bits per heavy atom. The molecule has 0 amide bonds. The van der Waals surface area contributed by atoms with Crippen molar-refractivity contribution in [3.8, 4) is 5.75 Å². The van der Waals surface area contributed by atoms with E-state index in [1.165, 1.54) is 24.3 Å². The zero-order valence-corrected chi connectivity index (χ0v) is 11.6. The van der Waals surface area contributed by atoms with Gasteiger partial charge in [0.2, 0.25) is 0 Å². The highest BCUT2D eigenvalue weighted by Gasteiger charge is 2.11. The van der Waals surface area contributed by atoms with Gasteiger partial charge in [-0.1, -0.05) is 41.4 Å². The summed E-state index contributed by atoms with van der Waals surface area (Å²) in [5.74, 6) is -0.993. The van der Waals surface area contributed by atoms with Crippen molar-refractivity contribution in [2.45, 2.75) is 0 Å². The van der Waals surface area contributed by atoms with Crippen LogP contribution in [0.4, 0.5) is 4.39 Å². The van der Waals surface area contributed by atoms with Gasteiger partial charge in [-0.15, -0.1) is 0 Å². The van der Waals surface area contributed by atoms with Gasteiger partial charge in [0, 0.05) is 5.56 Å². The fourth-order valence-corrected chi connectivity index (χ4v) is 2.03. The second kappa shape index (κ2) is 6.07. The van der Waals surface area contributed by atoms with Crippen LogP contribution in [0.15, 0.2) is 42.5 Å². The van der Waals surface area contributed by atoms with Crippen molar-refractivity contribution < 1.29 is 14.3 Å². The molecule has 0 bridgehead atoms. The van der Waals surface area contributed by atoms with Gasteiger partial charge in [-0.2, -0.15) is 0 Å². The predicted molar refractivity (Wildman–Crippen MR) is 77.9 cm³/mol. The number of carbonyl (C=O) groups excluding carboxylic acids is 1. The zero-order chi connectivity index (χ0) is 14.7. The average molecular weight is 311 g/mol. The summed E-state index contributed by atoms with van der Waals surface area (Å²) in [7, 11) is 0. The van der Waals surface area contributed by atoms with E-state index < -0.39 is 11.6 Å². The van der Waals surface area contributed by atoms with Gasteiger partial charge >= 0.3 is 0 Å². The van der Waals surface area contributed by atoms with Gasteiger partial charge in [0.15, 0.2) is 5.78 Å². The molecule has 0 heterocycles. The number of halogens is 3. The monoisotopic (exact) mass is 310 g/mol. The van der Waals surface area contributed by atoms with Crippen LogP contribution in [0.5, 0.6) is 5.75 Å². The van der Waals surface area contributed by atoms with Crippen LogP contribution in [0.3, 0.4) is 0 Å². The number of phenols is 1. The molecule has 0 saturated heterocycles. The van der Waals surface area contributed by atoms with Crippen LogP contribution < -0.4 is 0 Å². The number of hydrogen-bond donors (Lipinski definition) is 1. The first-order valence-electron chi connectivity index (χ1n) is 5.63. The Kier molecular flexibility index (Phi) is 4.42. The molecule has 2 aromatic carbocycles. The number of phenolic OH excluding ortho intramolecular Hbond substituents is 1. The standard InChI is InChI=1S/C15H9Cl2FO2/c16-12-8-13(17)14(18)7-11(12)15(20)6-3-9-1-4-10(19)5-2-9/h1-8,19H/b6-3+. The van der Waals surface area contributed by atoms with Crippen LogP contribution in [-0.4, -0.2) is 10.9 Å². The fraction of sp³-hybridized carbons (Fsp3) is 0. The van der Waals surface area contributed by atoms with Crippen molar-refractivity contribution in [1.82, 2.24) is 0 Å². The van der Waals surface area contributed by atoms with Gasteiger partial charge in [0.25, 0.3) is 0 Å². The Balaban J connectivity index is 2.24. The maximum atomic E-state index is 13.3. The number of aromatic hydroxyl groups is 1. The molecule has 2 rings (SSSR count). The van der Waals surface area contributed by atoms with Crippen LogP contribution in [0.2, 0.25) is 10.0 Å². The van der Waals surface area contributed by atoms with Crippen LogP contribution in [0, 0.1) is 5.82 Å². The van der Waals surface area contributed by atoms with Gasteiger partial charge in [0.1, 0.15) is 11.6 Å². The van der Waals surface area contributed by atoms with Gasteiger partial charge < -0.3 is 5.11 Å². The molecule has 102 valence electrons. The molecule has 0 aliphatic rings. The Morgan fingerprint density at radius 2 is 1.75 bits per heavy atom. The summed E-state index contributed by atoms with van der Waals surface area (Å²) in [6, 6.07) is 8.48. The molecule has 0 unspecified atom stereocenters. The smallest absolute Gasteiger partial charge is 0.187 e. The molecule has 0 atom stereocenters. The van der Waals surface area contributed by atoms with Crippen LogP contribution in [0.1, 0.15) is 15.9 Å². The third-order valence-electron chi connectivity index (χ3n) is 2.60. The van der Waals surface area contributed by atoms with E-state index in [9.17, 15) is 9.18 Å². The van der Waals surface area contributed by atoms with E-state index in [4.69, 9.17) is 28.3 Å². The van der Waals surface area contributed by atoms with Crippen LogP contribution in [-0.2, 0) is 0 Å². The van der Waals surface area contributed by atoms with Gasteiger partial charge in [-0.05, 0) is 35.9 Å². The number of hydrogen-bond acceptors (Lipinski definition) is 2. The molecule has 0 aliphatic heterocycles. The largest absolute Gasteiger partial charge is 0.508 e. The first-order valence-corrected chi connectivity index (χ1v) is 6.39. The van der Waals surface area contributed by atoms with Crippen molar-refractivity contribution in [3.05, 3.63) is 69.5 Å². The van der Waals surface area contributed by atoms with Crippen molar-refractivity contribution in [1.29, 1.82) is 0 Å². The molecule has 5 heteroatoms. The molecule has 0 aliphatic carbocycles. The fourth-order valence-electron chi connectivity index (χ4n) is 1.56. The number of allylic oxidation sites excluding steroid dienone is 1. The molecule has 0 aromatic heterocycles. The molecule has 2 nitrogen and oxygen atoms in total. The Bertz CT molecular complexity index is 679. The number of rotatable bonds is 3. The third kappa shape index (κ3) is 3.38. The van der Waals surface area contributed by atoms with E-state index in [1.54, 1.807) is 18.2 Å². The van der Waals surface area contributed by atoms with Crippen molar-refractivity contribution in [3.63, 3.8) is 0 Å². The normalized spacial score (nSPS) is 10.9. The maximum absolute atomic E-state index is 13.3. The van der Waals surface area contributed by atoms with Gasteiger partial charge in [0.05, 0.1) is 10.0 Å². The second-order valence-corrected chi connectivity index (χ2v) is 4.85. The lowest BCUT2D eigenvalue weighted by Crippen LogP contribution is -1.97. The van der Waals surface area contributed by atoms with E-state index >= 15 is 0 Å². The van der Waals surface area contributed by atoms with Crippen molar-refractivity contribution in [2.24, 2.45) is 0 Å². The first kappa shape index (κ1) is 14.6. The van der Waals surface area contributed by atoms with Gasteiger partial charge in [-0.3, -0.25) is 4.79 Å². The molecule has 0 saturated carbocycles. The SMILES string of the molecule is O=C(/C=C/c1ccc(O)cc1)c1cc(F)c(Cl)cc1Cl. The van der Waals surface area contributed by atoms with E-state index in [1.807, 2.05) is 0 Å². The summed E-state index contributed by atoms with van der Waals surface area (Å²) in [4.78, 5) is 11.9. The Hall–Kier alpha value is -1.84. The molecule has 0 fully saturated rings. The predicted octanol–water partition coefficient (Wildman–Crippen LogP) is 4.73. The maximum Gasteiger partial charge on any atom is 0.187 e. The lowest BCUT2D eigenvalue weighted by molar-refractivity contribution is 0.104. The highest BCUT2D eigenvalue weighted by molar-refractivity contribution is 6.37. The second-order valence-electron chi connectivity index (χ2n) is 4.04. The van der Waals surface area contributed by atoms with E-state index in [0.717, 1.165) is 11.6 Å². The lowest BCUT2D eigenvalue weighted by Gasteiger charge is -2.02. The van der Waals surface area contributed by atoms with E-state index in [0.29, 0.717) is 0 Å². The molecule has 0 radical (unpaired) electrons. The number of benzene rings is 2. The average Bonchev–Trinajstić information content (AvgIpc) is 2.42. The summed E-state index contributed by atoms with van der Waals surface area (Å²) in [6.45, 7) is 0. The lowest BCUT2D eigenvalue weighted by atomic mass is 10.1. The Labute approximate surface area is 125 Å². The minimum absolute atomic E-state index is 0.0450. The third-order valence-corrected chi connectivity index (χ3v) is 3.20. The quantitative estimate of drug-likeness (QED) is 0.505. The first-order chi connectivity index (χ1) is 9.47. The van der Waals surface area contributed by atoms with Crippen LogP contribution in [0.25, 0.3) is 6.08 Å². The minimum atomic E-state index is -0.697. The summed E-state index contributed by atoms with van der Waals surface area (Å²) in [5, 5.41) is 9.11. The Morgan fingerprint density at radius 3 is 2.40 bits per heavy atom. The highest BCUT2D eigenvalue weighted by Crippen LogP contribution is 2.25. The molecule has 2 aromatic rings. The molecular weight excluding hydrogens is 302 g/mol. The topological polar surface area (TPSA) is 37.3 Å². The van der Waals surface area contributed by atoms with Gasteiger partial charge in [-0.25, -0.2) is 4.39 Å². The molecule has 0 spiro atoms. The summed E-state index contributed by atoms with van der Waals surface area (Å²) in [5.41, 5.74) is 0.769. The van der Waals surface area contributed by atoms with Crippen molar-refractivity contribution >= 4 is 35.1 Å². The number of ketones is 1. The zero-order valence-electron chi connectivity index (χ0n) is 10.1. The van der Waals surface area contributed by atoms with Crippen LogP contribution >= 0.6 is 23.2 Å². The van der Waals surface area contributed by atoms with Crippen molar-refractivity contribution in [2.75, 3.05) is 0 Å². The number of carbonyl (C=O) groups is 1.